The van der Waals surface area contributed by atoms with Gasteiger partial charge in [-0.05, 0) is 48.2 Å². The first kappa shape index (κ1) is 13.7. The second-order valence-corrected chi connectivity index (χ2v) is 5.51. The number of hydrogen-bond acceptors (Lipinski definition) is 1. The molecule has 2 heteroatoms. The molecule has 108 valence electrons. The number of hydrogen-bond donors (Lipinski definition) is 2. The van der Waals surface area contributed by atoms with E-state index >= 15 is 0 Å². The number of unbranched alkanes of at least 4 members (excludes halogenated alkanes) is 1. The van der Waals surface area contributed by atoms with Crippen molar-refractivity contribution >= 4 is 16.6 Å². The highest BCUT2D eigenvalue weighted by atomic mass is 14.9. The van der Waals surface area contributed by atoms with Crippen LogP contribution in [0.5, 0.6) is 0 Å². The Hall–Kier alpha value is -2.22. The summed E-state index contributed by atoms with van der Waals surface area (Å²) < 4.78 is 0. The van der Waals surface area contributed by atoms with E-state index in [0.717, 1.165) is 6.54 Å². The van der Waals surface area contributed by atoms with Gasteiger partial charge in [0.15, 0.2) is 0 Å². The zero-order valence-electron chi connectivity index (χ0n) is 12.5. The number of anilines is 1. The molecule has 0 saturated carbocycles. The van der Waals surface area contributed by atoms with Crippen LogP contribution in [0.4, 0.5) is 5.69 Å². The topological polar surface area (TPSA) is 27.8 Å². The number of rotatable bonds is 6. The SMILES string of the molecule is CCCCc1ccc(NCc2cccc3[nH]ccc23)cc1. The number of benzene rings is 2. The first-order valence-electron chi connectivity index (χ1n) is 7.74. The molecule has 1 aromatic heterocycles. The lowest BCUT2D eigenvalue weighted by Gasteiger charge is -2.09. The van der Waals surface area contributed by atoms with Crippen molar-refractivity contribution in [2.75, 3.05) is 5.32 Å². The Morgan fingerprint density at radius 3 is 2.67 bits per heavy atom. The van der Waals surface area contributed by atoms with Crippen LogP contribution in [0.3, 0.4) is 0 Å². The molecular weight excluding hydrogens is 256 g/mol. The lowest BCUT2D eigenvalue weighted by atomic mass is 10.1. The second-order valence-electron chi connectivity index (χ2n) is 5.51. The molecule has 0 amide bonds. The summed E-state index contributed by atoms with van der Waals surface area (Å²) in [6.07, 6.45) is 5.69. The molecule has 1 heterocycles. The number of aromatic nitrogens is 1. The first-order chi connectivity index (χ1) is 10.4. The number of aromatic amines is 1. The molecule has 0 radical (unpaired) electrons. The maximum atomic E-state index is 3.51. The van der Waals surface area contributed by atoms with Gasteiger partial charge in [-0.15, -0.1) is 0 Å². The minimum atomic E-state index is 0.851. The molecule has 0 aliphatic heterocycles. The third-order valence-electron chi connectivity index (χ3n) is 3.94. The highest BCUT2D eigenvalue weighted by Crippen LogP contribution is 2.19. The van der Waals surface area contributed by atoms with Crippen LogP contribution in [-0.2, 0) is 13.0 Å². The number of fused-ring (bicyclic) bond motifs is 1. The van der Waals surface area contributed by atoms with Gasteiger partial charge in [-0.25, -0.2) is 0 Å². The fourth-order valence-corrected chi connectivity index (χ4v) is 2.67. The molecule has 3 aromatic rings. The summed E-state index contributed by atoms with van der Waals surface area (Å²) in [5, 5.41) is 4.81. The van der Waals surface area contributed by atoms with E-state index < -0.39 is 0 Å². The average Bonchev–Trinajstić information content (AvgIpc) is 3.01. The van der Waals surface area contributed by atoms with E-state index in [-0.39, 0.29) is 0 Å². The van der Waals surface area contributed by atoms with Gasteiger partial charge in [0.2, 0.25) is 0 Å². The van der Waals surface area contributed by atoms with Gasteiger partial charge in [-0.2, -0.15) is 0 Å². The lowest BCUT2D eigenvalue weighted by molar-refractivity contribution is 0.795. The van der Waals surface area contributed by atoms with Gasteiger partial charge in [-0.3, -0.25) is 0 Å². The van der Waals surface area contributed by atoms with Crippen molar-refractivity contribution in [1.29, 1.82) is 0 Å². The Labute approximate surface area is 126 Å². The molecule has 2 N–H and O–H groups in total. The maximum Gasteiger partial charge on any atom is 0.0457 e. The molecule has 0 bridgehead atoms. The normalized spacial score (nSPS) is 10.9. The molecule has 0 unspecified atom stereocenters. The van der Waals surface area contributed by atoms with Crippen molar-refractivity contribution < 1.29 is 0 Å². The molecule has 0 aliphatic carbocycles. The van der Waals surface area contributed by atoms with Crippen molar-refractivity contribution in [3.05, 3.63) is 65.9 Å². The molecule has 0 saturated heterocycles. The third kappa shape index (κ3) is 3.27. The van der Waals surface area contributed by atoms with Crippen LogP contribution in [0.1, 0.15) is 30.9 Å². The zero-order chi connectivity index (χ0) is 14.5. The fourth-order valence-electron chi connectivity index (χ4n) is 2.67. The maximum absolute atomic E-state index is 3.51. The molecule has 3 rings (SSSR count). The smallest absolute Gasteiger partial charge is 0.0457 e. The number of H-pyrrole nitrogens is 1. The van der Waals surface area contributed by atoms with E-state index in [0.29, 0.717) is 0 Å². The first-order valence-corrected chi connectivity index (χ1v) is 7.74. The van der Waals surface area contributed by atoms with Crippen LogP contribution < -0.4 is 5.32 Å². The van der Waals surface area contributed by atoms with Crippen molar-refractivity contribution in [2.45, 2.75) is 32.7 Å². The molecule has 0 aliphatic rings. The quantitative estimate of drug-likeness (QED) is 0.643. The van der Waals surface area contributed by atoms with Crippen LogP contribution in [0, 0.1) is 0 Å². The highest BCUT2D eigenvalue weighted by Gasteiger charge is 2.01. The van der Waals surface area contributed by atoms with Crippen molar-refractivity contribution in [3.8, 4) is 0 Å². The van der Waals surface area contributed by atoms with E-state index in [9.17, 15) is 0 Å². The highest BCUT2D eigenvalue weighted by molar-refractivity contribution is 5.83. The van der Waals surface area contributed by atoms with E-state index in [2.05, 4.69) is 65.8 Å². The largest absolute Gasteiger partial charge is 0.381 e. The monoisotopic (exact) mass is 278 g/mol. The zero-order valence-corrected chi connectivity index (χ0v) is 12.5. The van der Waals surface area contributed by atoms with Gasteiger partial charge in [0.1, 0.15) is 0 Å². The summed E-state index contributed by atoms with van der Waals surface area (Å²) >= 11 is 0. The van der Waals surface area contributed by atoms with E-state index in [1.807, 2.05) is 6.20 Å². The molecule has 0 spiro atoms. The summed E-state index contributed by atoms with van der Waals surface area (Å²) in [5.74, 6) is 0. The average molecular weight is 278 g/mol. The van der Waals surface area contributed by atoms with Crippen LogP contribution in [0.2, 0.25) is 0 Å². The lowest BCUT2D eigenvalue weighted by Crippen LogP contribution is -1.99. The minimum absolute atomic E-state index is 0.851. The Morgan fingerprint density at radius 1 is 1.00 bits per heavy atom. The van der Waals surface area contributed by atoms with Gasteiger partial charge in [-0.1, -0.05) is 37.6 Å². The number of nitrogens with one attached hydrogen (secondary N) is 2. The van der Waals surface area contributed by atoms with Crippen molar-refractivity contribution in [1.82, 2.24) is 4.98 Å². The summed E-state index contributed by atoms with van der Waals surface area (Å²) in [7, 11) is 0. The van der Waals surface area contributed by atoms with Crippen LogP contribution >= 0.6 is 0 Å². The summed E-state index contributed by atoms with van der Waals surface area (Å²) in [6.45, 7) is 3.08. The molecule has 0 fully saturated rings. The van der Waals surface area contributed by atoms with E-state index in [1.54, 1.807) is 0 Å². The Kier molecular flexibility index (Phi) is 4.25. The van der Waals surface area contributed by atoms with Gasteiger partial charge in [0, 0.05) is 29.3 Å². The fraction of sp³-hybridized carbons (Fsp3) is 0.263. The molecule has 21 heavy (non-hydrogen) atoms. The molecule has 2 aromatic carbocycles. The van der Waals surface area contributed by atoms with E-state index in [4.69, 9.17) is 0 Å². The van der Waals surface area contributed by atoms with Gasteiger partial charge in [0.05, 0.1) is 0 Å². The summed E-state index contributed by atoms with van der Waals surface area (Å²) in [6, 6.07) is 17.4. The summed E-state index contributed by atoms with van der Waals surface area (Å²) in [4.78, 5) is 3.26. The minimum Gasteiger partial charge on any atom is -0.381 e. The Bertz CT molecular complexity index is 695. The van der Waals surface area contributed by atoms with Crippen molar-refractivity contribution in [3.63, 3.8) is 0 Å². The van der Waals surface area contributed by atoms with Gasteiger partial charge < -0.3 is 10.3 Å². The molecule has 2 nitrogen and oxygen atoms in total. The number of aryl methyl sites for hydroxylation is 1. The Balaban J connectivity index is 1.66. The van der Waals surface area contributed by atoms with Crippen LogP contribution in [-0.4, -0.2) is 4.98 Å². The van der Waals surface area contributed by atoms with Gasteiger partial charge in [0.25, 0.3) is 0 Å². The predicted octanol–water partition coefficient (Wildman–Crippen LogP) is 5.12. The Morgan fingerprint density at radius 2 is 1.86 bits per heavy atom. The van der Waals surface area contributed by atoms with E-state index in [1.165, 1.54) is 47.0 Å². The van der Waals surface area contributed by atoms with Gasteiger partial charge >= 0.3 is 0 Å². The molecule has 0 atom stereocenters. The standard InChI is InChI=1S/C19H22N2/c1-2-3-5-15-8-10-17(11-9-15)21-14-16-6-4-7-19-18(16)12-13-20-19/h4,6-13,20-21H,2-3,5,14H2,1H3. The second kappa shape index (κ2) is 6.49. The van der Waals surface area contributed by atoms with Crippen molar-refractivity contribution in [2.24, 2.45) is 0 Å². The predicted molar refractivity (Wildman–Crippen MR) is 90.7 cm³/mol. The van der Waals surface area contributed by atoms with Crippen LogP contribution in [0.15, 0.2) is 54.7 Å². The summed E-state index contributed by atoms with van der Waals surface area (Å²) in [5.41, 5.74) is 5.13. The van der Waals surface area contributed by atoms with Crippen LogP contribution in [0.25, 0.3) is 10.9 Å². The molecular formula is C19H22N2. The third-order valence-corrected chi connectivity index (χ3v) is 3.94.